The zero-order valence-corrected chi connectivity index (χ0v) is 8.01. The van der Waals surface area contributed by atoms with Crippen molar-refractivity contribution in [3.05, 3.63) is 0 Å². The van der Waals surface area contributed by atoms with Crippen LogP contribution in [-0.4, -0.2) is 19.0 Å². The molecule has 0 aliphatic carbocycles. The maximum Gasteiger partial charge on any atom is 0.140 e. The lowest BCUT2D eigenvalue weighted by Gasteiger charge is -2.23. The molecule has 0 aromatic heterocycles. The molecule has 2 unspecified atom stereocenters. The third-order valence-corrected chi connectivity index (χ3v) is 2.65. The van der Waals surface area contributed by atoms with Crippen LogP contribution in [0.25, 0.3) is 0 Å². The van der Waals surface area contributed by atoms with E-state index in [1.165, 1.54) is 0 Å². The van der Waals surface area contributed by atoms with Crippen LogP contribution >= 0.6 is 0 Å². The zero-order valence-electron chi connectivity index (χ0n) is 8.01. The summed E-state index contributed by atoms with van der Waals surface area (Å²) in [4.78, 5) is 11.4. The van der Waals surface area contributed by atoms with Crippen LogP contribution in [0.3, 0.4) is 0 Å². The van der Waals surface area contributed by atoms with Crippen molar-refractivity contribution in [1.82, 2.24) is 0 Å². The van der Waals surface area contributed by atoms with E-state index in [1.807, 2.05) is 0 Å². The summed E-state index contributed by atoms with van der Waals surface area (Å²) in [5.74, 6) is 1.25. The molecule has 1 aliphatic heterocycles. The van der Waals surface area contributed by atoms with Gasteiger partial charge in [-0.2, -0.15) is 0 Å². The highest BCUT2D eigenvalue weighted by Crippen LogP contribution is 2.20. The van der Waals surface area contributed by atoms with Crippen molar-refractivity contribution in [3.8, 4) is 0 Å². The van der Waals surface area contributed by atoms with Gasteiger partial charge in [0, 0.05) is 12.3 Å². The lowest BCUT2D eigenvalue weighted by atomic mass is 9.89. The van der Waals surface area contributed by atoms with Gasteiger partial charge in [0.25, 0.3) is 0 Å². The summed E-state index contributed by atoms with van der Waals surface area (Å²) in [6.07, 6.45) is 2.79. The first kappa shape index (κ1) is 9.72. The molecule has 12 heavy (non-hydrogen) atoms. The summed E-state index contributed by atoms with van der Waals surface area (Å²) < 4.78 is 5.28. The smallest absolute Gasteiger partial charge is 0.140 e. The van der Waals surface area contributed by atoms with Crippen LogP contribution in [-0.2, 0) is 9.53 Å². The number of hydrogen-bond acceptors (Lipinski definition) is 2. The molecular formula is C10H18O2. The molecule has 0 radical (unpaired) electrons. The first-order valence-corrected chi connectivity index (χ1v) is 4.84. The predicted molar refractivity (Wildman–Crippen MR) is 48.0 cm³/mol. The third kappa shape index (κ3) is 2.59. The van der Waals surface area contributed by atoms with E-state index in [2.05, 4.69) is 13.8 Å². The maximum absolute atomic E-state index is 11.4. The lowest BCUT2D eigenvalue weighted by molar-refractivity contribution is -0.131. The molecule has 2 heteroatoms. The highest BCUT2D eigenvalue weighted by Gasteiger charge is 2.23. The standard InChI is InChI=1S/C10H18O2/c1-3-8(2)6-9-7-12-5-4-10(9)11/h8-9H,3-7H2,1-2H3. The average molecular weight is 170 g/mol. The van der Waals surface area contributed by atoms with E-state index in [1.54, 1.807) is 0 Å². The van der Waals surface area contributed by atoms with Crippen molar-refractivity contribution in [3.63, 3.8) is 0 Å². The second kappa shape index (κ2) is 4.61. The molecule has 1 rings (SSSR count). The molecule has 2 nitrogen and oxygen atoms in total. The lowest BCUT2D eigenvalue weighted by Crippen LogP contribution is -2.28. The number of carbonyl (C=O) groups is 1. The van der Waals surface area contributed by atoms with Crippen LogP contribution in [0.15, 0.2) is 0 Å². The summed E-state index contributed by atoms with van der Waals surface area (Å²) >= 11 is 0. The van der Waals surface area contributed by atoms with Gasteiger partial charge < -0.3 is 4.74 Å². The van der Waals surface area contributed by atoms with E-state index < -0.39 is 0 Å². The van der Waals surface area contributed by atoms with Gasteiger partial charge in [-0.1, -0.05) is 20.3 Å². The quantitative estimate of drug-likeness (QED) is 0.647. The highest BCUT2D eigenvalue weighted by atomic mass is 16.5. The summed E-state index contributed by atoms with van der Waals surface area (Å²) in [7, 11) is 0. The molecule has 0 N–H and O–H groups in total. The Kier molecular flexibility index (Phi) is 3.73. The molecule has 0 bridgehead atoms. The van der Waals surface area contributed by atoms with Crippen LogP contribution in [0.2, 0.25) is 0 Å². The minimum absolute atomic E-state index is 0.189. The molecule has 1 fully saturated rings. The van der Waals surface area contributed by atoms with E-state index in [-0.39, 0.29) is 5.92 Å². The normalized spacial score (nSPS) is 27.2. The van der Waals surface area contributed by atoms with E-state index in [0.29, 0.717) is 31.3 Å². The second-order valence-corrected chi connectivity index (χ2v) is 3.74. The van der Waals surface area contributed by atoms with Crippen molar-refractivity contribution in [1.29, 1.82) is 0 Å². The monoisotopic (exact) mass is 170 g/mol. The van der Waals surface area contributed by atoms with Gasteiger partial charge >= 0.3 is 0 Å². The molecular weight excluding hydrogens is 152 g/mol. The largest absolute Gasteiger partial charge is 0.380 e. The summed E-state index contributed by atoms with van der Waals surface area (Å²) in [6, 6.07) is 0. The first-order valence-electron chi connectivity index (χ1n) is 4.84. The number of carbonyl (C=O) groups excluding carboxylic acids is 1. The zero-order chi connectivity index (χ0) is 8.97. The molecule has 0 saturated carbocycles. The number of rotatable bonds is 3. The molecule has 0 aromatic rings. The highest BCUT2D eigenvalue weighted by molar-refractivity contribution is 5.81. The van der Waals surface area contributed by atoms with Gasteiger partial charge in [0.1, 0.15) is 5.78 Å². The Morgan fingerprint density at radius 2 is 2.42 bits per heavy atom. The van der Waals surface area contributed by atoms with Crippen molar-refractivity contribution in [2.75, 3.05) is 13.2 Å². The minimum Gasteiger partial charge on any atom is -0.380 e. The summed E-state index contributed by atoms with van der Waals surface area (Å²) in [6.45, 7) is 5.65. The molecule has 70 valence electrons. The van der Waals surface area contributed by atoms with Gasteiger partial charge in [-0.3, -0.25) is 4.79 Å². The van der Waals surface area contributed by atoms with Crippen molar-refractivity contribution in [2.45, 2.75) is 33.1 Å². The van der Waals surface area contributed by atoms with Crippen molar-refractivity contribution >= 4 is 5.78 Å². The Morgan fingerprint density at radius 1 is 1.67 bits per heavy atom. The van der Waals surface area contributed by atoms with Crippen LogP contribution in [0.5, 0.6) is 0 Å². The fourth-order valence-electron chi connectivity index (χ4n) is 1.55. The topological polar surface area (TPSA) is 26.3 Å². The van der Waals surface area contributed by atoms with Gasteiger partial charge in [-0.15, -0.1) is 0 Å². The van der Waals surface area contributed by atoms with E-state index in [4.69, 9.17) is 4.74 Å². The Hall–Kier alpha value is -0.370. The Morgan fingerprint density at radius 3 is 3.00 bits per heavy atom. The SMILES string of the molecule is CCC(C)CC1COCCC1=O. The van der Waals surface area contributed by atoms with E-state index >= 15 is 0 Å². The number of ether oxygens (including phenoxy) is 1. The maximum atomic E-state index is 11.4. The van der Waals surface area contributed by atoms with E-state index in [9.17, 15) is 4.79 Å². The Labute approximate surface area is 74.3 Å². The average Bonchev–Trinajstić information content (AvgIpc) is 2.09. The predicted octanol–water partition coefficient (Wildman–Crippen LogP) is 2.03. The van der Waals surface area contributed by atoms with Crippen molar-refractivity contribution < 1.29 is 9.53 Å². The van der Waals surface area contributed by atoms with Crippen LogP contribution in [0, 0.1) is 11.8 Å². The van der Waals surface area contributed by atoms with Crippen LogP contribution in [0.1, 0.15) is 33.1 Å². The third-order valence-electron chi connectivity index (χ3n) is 2.65. The summed E-state index contributed by atoms with van der Waals surface area (Å²) in [5.41, 5.74) is 0. The van der Waals surface area contributed by atoms with Gasteiger partial charge in [-0.05, 0) is 12.3 Å². The van der Waals surface area contributed by atoms with Crippen LogP contribution in [0.4, 0.5) is 0 Å². The molecule has 1 heterocycles. The number of ketones is 1. The number of Topliss-reactive ketones (excluding diaryl/α,β-unsaturated/α-hetero) is 1. The number of hydrogen-bond donors (Lipinski definition) is 0. The van der Waals surface area contributed by atoms with E-state index in [0.717, 1.165) is 12.8 Å². The molecule has 0 amide bonds. The Bertz CT molecular complexity index is 154. The second-order valence-electron chi connectivity index (χ2n) is 3.74. The molecule has 0 aromatic carbocycles. The first-order chi connectivity index (χ1) is 5.74. The van der Waals surface area contributed by atoms with Gasteiger partial charge in [0.15, 0.2) is 0 Å². The molecule has 1 aliphatic rings. The fraction of sp³-hybridized carbons (Fsp3) is 0.900. The van der Waals surface area contributed by atoms with Gasteiger partial charge in [0.2, 0.25) is 0 Å². The van der Waals surface area contributed by atoms with Gasteiger partial charge in [0.05, 0.1) is 13.2 Å². The fourth-order valence-corrected chi connectivity index (χ4v) is 1.55. The molecule has 0 spiro atoms. The summed E-state index contributed by atoms with van der Waals surface area (Å²) in [5, 5.41) is 0. The molecule has 2 atom stereocenters. The van der Waals surface area contributed by atoms with Gasteiger partial charge in [-0.25, -0.2) is 0 Å². The van der Waals surface area contributed by atoms with Crippen LogP contribution < -0.4 is 0 Å². The van der Waals surface area contributed by atoms with Crippen molar-refractivity contribution in [2.24, 2.45) is 11.8 Å². The Balaban J connectivity index is 2.34. The minimum atomic E-state index is 0.189. The molecule has 1 saturated heterocycles.